The predicted octanol–water partition coefficient (Wildman–Crippen LogP) is 3.26. The van der Waals surface area contributed by atoms with E-state index in [1.54, 1.807) is 13.3 Å². The van der Waals surface area contributed by atoms with Gasteiger partial charge >= 0.3 is 0 Å². The molecule has 6 heteroatoms. The van der Waals surface area contributed by atoms with Gasteiger partial charge in [-0.25, -0.2) is 9.97 Å². The number of hydrogen-bond donors (Lipinski definition) is 1. The molecule has 1 aliphatic heterocycles. The summed E-state index contributed by atoms with van der Waals surface area (Å²) in [6.45, 7) is 2.57. The lowest BCUT2D eigenvalue weighted by molar-refractivity contribution is 0.0986. The third-order valence-corrected chi connectivity index (χ3v) is 4.63. The molecule has 6 nitrogen and oxygen atoms in total. The number of pyridine rings is 1. The number of amides is 1. The van der Waals surface area contributed by atoms with Crippen molar-refractivity contribution in [3.05, 3.63) is 47.4 Å². The number of H-pyrrole nitrogens is 1. The maximum Gasteiger partial charge on any atom is 0.259 e. The first kappa shape index (κ1) is 15.6. The molecular weight excluding hydrogens is 316 g/mol. The van der Waals surface area contributed by atoms with Crippen LogP contribution < -0.4 is 9.64 Å². The van der Waals surface area contributed by atoms with E-state index in [1.807, 2.05) is 36.1 Å². The first-order chi connectivity index (χ1) is 12.2. The summed E-state index contributed by atoms with van der Waals surface area (Å²) in [4.78, 5) is 26.8. The molecule has 0 unspecified atom stereocenters. The molecule has 0 fully saturated rings. The average molecular weight is 336 g/mol. The molecule has 1 aromatic carbocycles. The first-order valence-electron chi connectivity index (χ1n) is 8.47. The highest BCUT2D eigenvalue weighted by Crippen LogP contribution is 2.34. The maximum absolute atomic E-state index is 13.2. The molecule has 128 valence electrons. The summed E-state index contributed by atoms with van der Waals surface area (Å²) in [5, 5.41) is 0. The molecule has 0 saturated carbocycles. The maximum atomic E-state index is 13.2. The zero-order valence-electron chi connectivity index (χ0n) is 14.4. The van der Waals surface area contributed by atoms with Crippen molar-refractivity contribution in [2.24, 2.45) is 0 Å². The Bertz CT molecular complexity index is 948. The lowest BCUT2D eigenvalue weighted by Gasteiger charge is -2.23. The Morgan fingerprint density at radius 3 is 3.04 bits per heavy atom. The smallest absolute Gasteiger partial charge is 0.259 e. The number of imidazole rings is 1. The molecule has 25 heavy (non-hydrogen) atoms. The number of ether oxygens (including phenoxy) is 1. The van der Waals surface area contributed by atoms with Gasteiger partial charge in [-0.3, -0.25) is 4.79 Å². The number of methoxy groups -OCH3 is 1. The fourth-order valence-corrected chi connectivity index (χ4v) is 3.45. The van der Waals surface area contributed by atoms with Crippen LogP contribution in [0, 0.1) is 6.92 Å². The number of benzene rings is 1. The molecule has 0 saturated heterocycles. The van der Waals surface area contributed by atoms with E-state index in [1.165, 1.54) is 0 Å². The Morgan fingerprint density at radius 1 is 1.32 bits per heavy atom. The largest absolute Gasteiger partial charge is 0.496 e. The monoisotopic (exact) mass is 336 g/mol. The van der Waals surface area contributed by atoms with E-state index in [0.717, 1.165) is 47.6 Å². The molecule has 4 rings (SSSR count). The summed E-state index contributed by atoms with van der Waals surface area (Å²) in [5.41, 5.74) is 4.01. The normalized spacial score (nSPS) is 14.2. The number of aromatic nitrogens is 3. The third-order valence-electron chi connectivity index (χ3n) is 4.63. The summed E-state index contributed by atoms with van der Waals surface area (Å²) < 4.78 is 5.50. The van der Waals surface area contributed by atoms with Crippen LogP contribution in [-0.4, -0.2) is 34.5 Å². The highest BCUT2D eigenvalue weighted by Gasteiger charge is 2.24. The van der Waals surface area contributed by atoms with Crippen molar-refractivity contribution < 1.29 is 9.53 Å². The highest BCUT2D eigenvalue weighted by molar-refractivity contribution is 6.07. The Balaban J connectivity index is 1.76. The number of nitrogens with one attached hydrogen (secondary N) is 1. The number of carbonyl (C=O) groups is 1. The van der Waals surface area contributed by atoms with Gasteiger partial charge < -0.3 is 14.6 Å². The minimum Gasteiger partial charge on any atom is -0.496 e. The van der Waals surface area contributed by atoms with Crippen LogP contribution in [-0.2, 0) is 6.42 Å². The highest BCUT2D eigenvalue weighted by atomic mass is 16.5. The first-order valence-corrected chi connectivity index (χ1v) is 8.47. The molecule has 2 aromatic heterocycles. The summed E-state index contributed by atoms with van der Waals surface area (Å²) >= 11 is 0. The lowest BCUT2D eigenvalue weighted by Crippen LogP contribution is -2.31. The Morgan fingerprint density at radius 2 is 2.20 bits per heavy atom. The van der Waals surface area contributed by atoms with Crippen LogP contribution in [0.4, 0.5) is 5.69 Å². The van der Waals surface area contributed by atoms with E-state index in [4.69, 9.17) is 4.74 Å². The summed E-state index contributed by atoms with van der Waals surface area (Å²) in [7, 11) is 1.67. The van der Waals surface area contributed by atoms with Gasteiger partial charge in [-0.2, -0.15) is 0 Å². The Labute approximate surface area is 145 Å². The summed E-state index contributed by atoms with van der Waals surface area (Å²) in [5.74, 6) is 1.59. The second-order valence-electron chi connectivity index (χ2n) is 6.29. The fourth-order valence-electron chi connectivity index (χ4n) is 3.45. The van der Waals surface area contributed by atoms with Gasteiger partial charge in [0.2, 0.25) is 0 Å². The standard InChI is InChI=1S/C19H20N4O2/c1-12-21-15-10-13(11-20-18(15)22-12)19(24)23-9-4-3-6-14-16(23)7-5-8-17(14)25-2/h5,7-8,10-11H,3-4,6,9H2,1-2H3,(H,20,21,22). The van der Waals surface area contributed by atoms with Gasteiger partial charge in [0.25, 0.3) is 5.91 Å². The number of nitrogens with zero attached hydrogens (tertiary/aromatic N) is 3. The van der Waals surface area contributed by atoms with E-state index in [2.05, 4.69) is 15.0 Å². The van der Waals surface area contributed by atoms with E-state index in [-0.39, 0.29) is 5.91 Å². The molecule has 0 atom stereocenters. The third kappa shape index (κ3) is 2.73. The van der Waals surface area contributed by atoms with Gasteiger partial charge in [0, 0.05) is 18.3 Å². The van der Waals surface area contributed by atoms with Gasteiger partial charge in [-0.15, -0.1) is 0 Å². The van der Waals surface area contributed by atoms with Crippen LogP contribution in [0.25, 0.3) is 11.2 Å². The van der Waals surface area contributed by atoms with Crippen molar-refractivity contribution in [1.29, 1.82) is 0 Å². The molecule has 0 bridgehead atoms. The van der Waals surface area contributed by atoms with Crippen LogP contribution in [0.1, 0.15) is 34.6 Å². The number of aryl methyl sites for hydroxylation is 1. The van der Waals surface area contributed by atoms with Crippen molar-refractivity contribution in [3.8, 4) is 5.75 Å². The minimum absolute atomic E-state index is 0.0435. The van der Waals surface area contributed by atoms with E-state index in [9.17, 15) is 4.79 Å². The van der Waals surface area contributed by atoms with Crippen molar-refractivity contribution in [3.63, 3.8) is 0 Å². The number of hydrogen-bond acceptors (Lipinski definition) is 4. The molecule has 0 spiro atoms. The van der Waals surface area contributed by atoms with Gasteiger partial charge in [0.15, 0.2) is 5.65 Å². The molecule has 1 aliphatic rings. The quantitative estimate of drug-likeness (QED) is 0.780. The molecular formula is C19H20N4O2. The van der Waals surface area contributed by atoms with Crippen LogP contribution >= 0.6 is 0 Å². The number of fused-ring (bicyclic) bond motifs is 2. The second kappa shape index (κ2) is 6.20. The van der Waals surface area contributed by atoms with Crippen LogP contribution in [0.3, 0.4) is 0 Å². The van der Waals surface area contributed by atoms with Gasteiger partial charge in [0.05, 0.1) is 23.9 Å². The number of carbonyl (C=O) groups excluding carboxylic acids is 1. The second-order valence-corrected chi connectivity index (χ2v) is 6.29. The van der Waals surface area contributed by atoms with E-state index < -0.39 is 0 Å². The van der Waals surface area contributed by atoms with Gasteiger partial charge in [-0.05, 0) is 44.4 Å². The zero-order valence-corrected chi connectivity index (χ0v) is 14.4. The van der Waals surface area contributed by atoms with Crippen LogP contribution in [0.5, 0.6) is 5.75 Å². The van der Waals surface area contributed by atoms with Crippen molar-refractivity contribution in [1.82, 2.24) is 15.0 Å². The SMILES string of the molecule is COc1cccc2c1CCCCN2C(=O)c1cnc2nc(C)[nH]c2c1. The number of anilines is 1. The molecule has 3 heterocycles. The Hall–Kier alpha value is -2.89. The number of aromatic amines is 1. The molecule has 1 amide bonds. The topological polar surface area (TPSA) is 71.1 Å². The van der Waals surface area contributed by atoms with E-state index >= 15 is 0 Å². The van der Waals surface area contributed by atoms with Crippen molar-refractivity contribution >= 4 is 22.8 Å². The summed E-state index contributed by atoms with van der Waals surface area (Å²) in [6, 6.07) is 7.71. The predicted molar refractivity (Wildman–Crippen MR) is 96.2 cm³/mol. The van der Waals surface area contributed by atoms with Gasteiger partial charge in [0.1, 0.15) is 11.6 Å². The van der Waals surface area contributed by atoms with Crippen LogP contribution in [0.15, 0.2) is 30.5 Å². The minimum atomic E-state index is -0.0435. The summed E-state index contributed by atoms with van der Waals surface area (Å²) in [6.07, 6.45) is 4.52. The van der Waals surface area contributed by atoms with Crippen molar-refractivity contribution in [2.75, 3.05) is 18.6 Å². The molecule has 3 aromatic rings. The molecule has 0 radical (unpaired) electrons. The molecule has 1 N–H and O–H groups in total. The Kier molecular flexibility index (Phi) is 3.87. The van der Waals surface area contributed by atoms with Crippen molar-refractivity contribution in [2.45, 2.75) is 26.2 Å². The lowest BCUT2D eigenvalue weighted by atomic mass is 10.1. The average Bonchev–Trinajstić information content (AvgIpc) is 2.86. The fraction of sp³-hybridized carbons (Fsp3) is 0.316. The molecule has 0 aliphatic carbocycles. The van der Waals surface area contributed by atoms with Crippen LogP contribution in [0.2, 0.25) is 0 Å². The zero-order chi connectivity index (χ0) is 17.4. The van der Waals surface area contributed by atoms with Gasteiger partial charge in [-0.1, -0.05) is 6.07 Å². The van der Waals surface area contributed by atoms with E-state index in [0.29, 0.717) is 17.8 Å². The number of rotatable bonds is 2.